The molecule has 0 aliphatic rings. The van der Waals surface area contributed by atoms with Crippen LogP contribution in [0.3, 0.4) is 0 Å². The minimum absolute atomic E-state index is 0.0188. The number of hydrogen-bond acceptors (Lipinski definition) is 3. The highest BCUT2D eigenvalue weighted by Crippen LogP contribution is 2.21. The van der Waals surface area contributed by atoms with E-state index in [0.717, 1.165) is 3.57 Å². The highest BCUT2D eigenvalue weighted by atomic mass is 127. The van der Waals surface area contributed by atoms with Crippen LogP contribution >= 0.6 is 34.2 Å². The van der Waals surface area contributed by atoms with E-state index < -0.39 is 11.9 Å². The number of benzene rings is 1. The van der Waals surface area contributed by atoms with E-state index in [4.69, 9.17) is 16.7 Å². The standard InChI is InChI=1S/C13H8ClIN2O3/c14-11-8(2-1-5-16-11)12(18)17-10-4-3-7(15)6-9(10)13(19)20/h1-6H,(H,17,18)(H,19,20). The van der Waals surface area contributed by atoms with Crippen LogP contribution in [0.5, 0.6) is 0 Å². The summed E-state index contributed by atoms with van der Waals surface area (Å²) < 4.78 is 0.761. The summed E-state index contributed by atoms with van der Waals surface area (Å²) in [6.07, 6.45) is 1.46. The van der Waals surface area contributed by atoms with Crippen molar-refractivity contribution in [1.82, 2.24) is 4.98 Å². The Hall–Kier alpha value is -1.67. The summed E-state index contributed by atoms with van der Waals surface area (Å²) in [7, 11) is 0. The van der Waals surface area contributed by atoms with Gasteiger partial charge in [-0.2, -0.15) is 0 Å². The summed E-state index contributed by atoms with van der Waals surface area (Å²) in [5, 5.41) is 11.7. The molecular weight excluding hydrogens is 395 g/mol. The van der Waals surface area contributed by atoms with E-state index in [9.17, 15) is 9.59 Å². The summed E-state index contributed by atoms with van der Waals surface area (Å²) in [5.41, 5.74) is 0.414. The second-order valence-electron chi connectivity index (χ2n) is 3.79. The average Bonchev–Trinajstić information content (AvgIpc) is 2.41. The van der Waals surface area contributed by atoms with Crippen molar-refractivity contribution in [2.45, 2.75) is 0 Å². The number of nitrogens with zero attached hydrogens (tertiary/aromatic N) is 1. The lowest BCUT2D eigenvalue weighted by molar-refractivity contribution is 0.0698. The largest absolute Gasteiger partial charge is 0.478 e. The lowest BCUT2D eigenvalue weighted by Crippen LogP contribution is -2.15. The summed E-state index contributed by atoms with van der Waals surface area (Å²) in [5.74, 6) is -1.62. The Morgan fingerprint density at radius 3 is 2.65 bits per heavy atom. The lowest BCUT2D eigenvalue weighted by atomic mass is 10.1. The van der Waals surface area contributed by atoms with Crippen LogP contribution in [-0.2, 0) is 0 Å². The predicted molar refractivity (Wildman–Crippen MR) is 83.3 cm³/mol. The summed E-state index contributed by atoms with van der Waals surface area (Å²) in [6.45, 7) is 0. The van der Waals surface area contributed by atoms with Gasteiger partial charge in [0.1, 0.15) is 5.15 Å². The molecule has 5 nitrogen and oxygen atoms in total. The highest BCUT2D eigenvalue weighted by Gasteiger charge is 2.16. The normalized spacial score (nSPS) is 10.1. The maximum absolute atomic E-state index is 12.1. The van der Waals surface area contributed by atoms with E-state index in [1.165, 1.54) is 24.4 Å². The maximum atomic E-state index is 12.1. The molecule has 102 valence electrons. The van der Waals surface area contributed by atoms with E-state index in [1.54, 1.807) is 12.1 Å². The molecule has 7 heteroatoms. The molecule has 0 fully saturated rings. The number of rotatable bonds is 3. The molecule has 0 atom stereocenters. The van der Waals surface area contributed by atoms with E-state index in [0.29, 0.717) is 0 Å². The van der Waals surface area contributed by atoms with Gasteiger partial charge in [0, 0.05) is 9.77 Å². The molecule has 0 saturated heterocycles. The number of aromatic carboxylic acids is 1. The summed E-state index contributed by atoms with van der Waals surface area (Å²) >= 11 is 7.82. The zero-order chi connectivity index (χ0) is 14.7. The molecular formula is C13H8ClIN2O3. The Bertz CT molecular complexity index is 691. The topological polar surface area (TPSA) is 79.3 Å². The molecule has 0 spiro atoms. The van der Waals surface area contributed by atoms with Crippen LogP contribution in [-0.4, -0.2) is 22.0 Å². The van der Waals surface area contributed by atoms with Crippen LogP contribution < -0.4 is 5.32 Å². The van der Waals surface area contributed by atoms with Crippen LogP contribution in [0.2, 0.25) is 5.15 Å². The van der Waals surface area contributed by atoms with Gasteiger partial charge in [-0.15, -0.1) is 0 Å². The van der Waals surface area contributed by atoms with Crippen molar-refractivity contribution in [3.05, 3.63) is 56.4 Å². The highest BCUT2D eigenvalue weighted by molar-refractivity contribution is 14.1. The van der Waals surface area contributed by atoms with Gasteiger partial charge in [0.15, 0.2) is 0 Å². The van der Waals surface area contributed by atoms with E-state index in [2.05, 4.69) is 10.3 Å². The molecule has 1 heterocycles. The second-order valence-corrected chi connectivity index (χ2v) is 5.39. The number of pyridine rings is 1. The Morgan fingerprint density at radius 2 is 2.00 bits per heavy atom. The first-order valence-electron chi connectivity index (χ1n) is 5.44. The first kappa shape index (κ1) is 14.7. The molecule has 2 rings (SSSR count). The number of carboxylic acid groups (broad SMARTS) is 1. The van der Waals surface area contributed by atoms with Crippen LogP contribution in [0, 0.1) is 3.57 Å². The van der Waals surface area contributed by atoms with Gasteiger partial charge in [0.05, 0.1) is 16.8 Å². The van der Waals surface area contributed by atoms with Crippen LogP contribution in [0.15, 0.2) is 36.5 Å². The van der Waals surface area contributed by atoms with Crippen molar-refractivity contribution in [2.75, 3.05) is 5.32 Å². The Balaban J connectivity index is 2.33. The fourth-order valence-corrected chi connectivity index (χ4v) is 2.24. The number of aromatic nitrogens is 1. The molecule has 0 saturated carbocycles. The first-order chi connectivity index (χ1) is 9.49. The Labute approximate surface area is 133 Å². The van der Waals surface area contributed by atoms with Gasteiger partial charge in [-0.05, 0) is 52.9 Å². The van der Waals surface area contributed by atoms with Crippen molar-refractivity contribution >= 4 is 51.8 Å². The van der Waals surface area contributed by atoms with Crippen molar-refractivity contribution < 1.29 is 14.7 Å². The molecule has 1 aromatic heterocycles. The minimum atomic E-state index is -1.11. The molecule has 0 unspecified atom stereocenters. The Kier molecular flexibility index (Phi) is 4.56. The van der Waals surface area contributed by atoms with Crippen molar-refractivity contribution in [2.24, 2.45) is 0 Å². The smallest absolute Gasteiger partial charge is 0.337 e. The molecule has 0 bridgehead atoms. The monoisotopic (exact) mass is 402 g/mol. The SMILES string of the molecule is O=C(O)c1cc(I)ccc1NC(=O)c1cccnc1Cl. The van der Waals surface area contributed by atoms with Gasteiger partial charge < -0.3 is 10.4 Å². The summed E-state index contributed by atoms with van der Waals surface area (Å²) in [6, 6.07) is 7.80. The van der Waals surface area contributed by atoms with Crippen LogP contribution in [0.1, 0.15) is 20.7 Å². The fourth-order valence-electron chi connectivity index (χ4n) is 1.55. The molecule has 0 aliphatic carbocycles. The third-order valence-electron chi connectivity index (χ3n) is 2.46. The quantitative estimate of drug-likeness (QED) is 0.610. The minimum Gasteiger partial charge on any atom is -0.478 e. The first-order valence-corrected chi connectivity index (χ1v) is 6.89. The predicted octanol–water partition coefficient (Wildman–Crippen LogP) is 3.29. The number of halogens is 2. The molecule has 0 aliphatic heterocycles. The fraction of sp³-hybridized carbons (Fsp3) is 0. The van der Waals surface area contributed by atoms with Crippen molar-refractivity contribution in [1.29, 1.82) is 0 Å². The average molecular weight is 403 g/mol. The number of carbonyl (C=O) groups excluding carboxylic acids is 1. The number of anilines is 1. The number of nitrogens with one attached hydrogen (secondary N) is 1. The van der Waals surface area contributed by atoms with E-state index in [1.807, 2.05) is 22.6 Å². The Morgan fingerprint density at radius 1 is 1.25 bits per heavy atom. The number of amides is 1. The number of hydrogen-bond donors (Lipinski definition) is 2. The second kappa shape index (κ2) is 6.19. The molecule has 20 heavy (non-hydrogen) atoms. The molecule has 1 aromatic carbocycles. The van der Waals surface area contributed by atoms with Gasteiger partial charge in [-0.3, -0.25) is 4.79 Å². The molecule has 0 radical (unpaired) electrons. The van der Waals surface area contributed by atoms with Gasteiger partial charge in [-0.25, -0.2) is 9.78 Å². The summed E-state index contributed by atoms with van der Waals surface area (Å²) in [4.78, 5) is 27.0. The third kappa shape index (κ3) is 3.26. The van der Waals surface area contributed by atoms with Crippen LogP contribution in [0.25, 0.3) is 0 Å². The van der Waals surface area contributed by atoms with Crippen molar-refractivity contribution in [3.63, 3.8) is 0 Å². The van der Waals surface area contributed by atoms with Crippen molar-refractivity contribution in [3.8, 4) is 0 Å². The number of carbonyl (C=O) groups is 2. The molecule has 1 amide bonds. The van der Waals surface area contributed by atoms with Gasteiger partial charge in [0.25, 0.3) is 5.91 Å². The van der Waals surface area contributed by atoms with Crippen LogP contribution in [0.4, 0.5) is 5.69 Å². The van der Waals surface area contributed by atoms with E-state index >= 15 is 0 Å². The third-order valence-corrected chi connectivity index (χ3v) is 3.44. The zero-order valence-corrected chi connectivity index (χ0v) is 12.8. The molecule has 2 aromatic rings. The zero-order valence-electron chi connectivity index (χ0n) is 9.93. The van der Waals surface area contributed by atoms with Gasteiger partial charge in [-0.1, -0.05) is 11.6 Å². The van der Waals surface area contributed by atoms with E-state index in [-0.39, 0.29) is 22.0 Å². The lowest BCUT2D eigenvalue weighted by Gasteiger charge is -2.09. The van der Waals surface area contributed by atoms with Gasteiger partial charge in [0.2, 0.25) is 0 Å². The molecule has 2 N–H and O–H groups in total. The maximum Gasteiger partial charge on any atom is 0.337 e. The number of carboxylic acids is 1. The van der Waals surface area contributed by atoms with Gasteiger partial charge >= 0.3 is 5.97 Å².